The molecule has 6 heteroatoms. The standard InChI is InChI=1S/C22H28ClN3O2/c1-17-14-18(2)22(20(23)15-17)24-21(27)16-26-10-8-25(9-11-26)12-13-28-19-6-4-3-5-7-19/h3-7,14-15H,8-13,16H2,1-2H3,(H,24,27)/p+2. The molecule has 1 fully saturated rings. The van der Waals surface area contributed by atoms with E-state index in [0.717, 1.165) is 61.9 Å². The van der Waals surface area contributed by atoms with Crippen molar-refractivity contribution in [1.82, 2.24) is 0 Å². The van der Waals surface area contributed by atoms with Crippen LogP contribution < -0.4 is 19.9 Å². The predicted octanol–water partition coefficient (Wildman–Crippen LogP) is 0.758. The smallest absolute Gasteiger partial charge is 0.279 e. The zero-order chi connectivity index (χ0) is 19.9. The Bertz CT molecular complexity index is 767. The summed E-state index contributed by atoms with van der Waals surface area (Å²) in [5, 5.41) is 3.60. The molecule has 0 aliphatic carbocycles. The van der Waals surface area contributed by atoms with Gasteiger partial charge in [-0.3, -0.25) is 4.79 Å². The molecule has 2 aromatic rings. The normalized spacial score (nSPS) is 19.2. The summed E-state index contributed by atoms with van der Waals surface area (Å²) in [6, 6.07) is 13.9. The molecule has 1 amide bonds. The minimum atomic E-state index is 0.0275. The Labute approximate surface area is 172 Å². The first kappa shape index (κ1) is 20.6. The molecule has 0 radical (unpaired) electrons. The third-order valence-electron chi connectivity index (χ3n) is 5.24. The lowest BCUT2D eigenvalue weighted by Crippen LogP contribution is -3.28. The first-order valence-electron chi connectivity index (χ1n) is 9.93. The Kier molecular flexibility index (Phi) is 7.31. The van der Waals surface area contributed by atoms with E-state index in [1.54, 1.807) is 0 Å². The average molecular weight is 404 g/mol. The summed E-state index contributed by atoms with van der Waals surface area (Å²) in [6.45, 7) is 10.3. The zero-order valence-electron chi connectivity index (χ0n) is 16.7. The van der Waals surface area contributed by atoms with Crippen LogP contribution in [0.5, 0.6) is 5.75 Å². The van der Waals surface area contributed by atoms with E-state index in [-0.39, 0.29) is 5.91 Å². The highest BCUT2D eigenvalue weighted by Gasteiger charge is 2.25. The van der Waals surface area contributed by atoms with Gasteiger partial charge < -0.3 is 19.9 Å². The molecule has 1 aliphatic heterocycles. The number of piperazine rings is 1. The fraction of sp³-hybridized carbons (Fsp3) is 0.409. The largest absolute Gasteiger partial charge is 0.488 e. The van der Waals surface area contributed by atoms with Crippen molar-refractivity contribution in [3.8, 4) is 5.75 Å². The van der Waals surface area contributed by atoms with Crippen molar-refractivity contribution in [2.24, 2.45) is 0 Å². The van der Waals surface area contributed by atoms with Crippen molar-refractivity contribution < 1.29 is 19.3 Å². The average Bonchev–Trinajstić information content (AvgIpc) is 2.67. The van der Waals surface area contributed by atoms with E-state index in [1.165, 1.54) is 9.80 Å². The van der Waals surface area contributed by atoms with Gasteiger partial charge in [-0.2, -0.15) is 0 Å². The maximum absolute atomic E-state index is 12.5. The highest BCUT2D eigenvalue weighted by Crippen LogP contribution is 2.27. The van der Waals surface area contributed by atoms with E-state index in [9.17, 15) is 4.79 Å². The number of hydrogen-bond donors (Lipinski definition) is 3. The fourth-order valence-corrected chi connectivity index (χ4v) is 4.07. The van der Waals surface area contributed by atoms with Crippen molar-refractivity contribution in [2.45, 2.75) is 13.8 Å². The third kappa shape index (κ3) is 5.96. The molecule has 0 spiro atoms. The molecule has 0 saturated carbocycles. The van der Waals surface area contributed by atoms with Crippen molar-refractivity contribution in [3.05, 3.63) is 58.6 Å². The lowest BCUT2D eigenvalue weighted by atomic mass is 10.1. The monoisotopic (exact) mass is 403 g/mol. The van der Waals surface area contributed by atoms with Crippen LogP contribution in [0.25, 0.3) is 0 Å². The van der Waals surface area contributed by atoms with Gasteiger partial charge >= 0.3 is 0 Å². The van der Waals surface area contributed by atoms with Gasteiger partial charge in [0.15, 0.2) is 6.54 Å². The van der Waals surface area contributed by atoms with Gasteiger partial charge in [0.25, 0.3) is 5.91 Å². The number of benzene rings is 2. The van der Waals surface area contributed by atoms with Gasteiger partial charge in [-0.05, 0) is 43.2 Å². The van der Waals surface area contributed by atoms with Crippen LogP contribution >= 0.6 is 11.6 Å². The predicted molar refractivity (Wildman–Crippen MR) is 113 cm³/mol. The number of anilines is 1. The molecule has 0 atom stereocenters. The van der Waals surface area contributed by atoms with Crippen LogP contribution in [0.3, 0.4) is 0 Å². The van der Waals surface area contributed by atoms with Gasteiger partial charge in [0.05, 0.1) is 10.7 Å². The number of aryl methyl sites for hydroxylation is 2. The second kappa shape index (κ2) is 9.92. The Morgan fingerprint density at radius 2 is 1.75 bits per heavy atom. The summed E-state index contributed by atoms with van der Waals surface area (Å²) in [6.07, 6.45) is 0. The number of rotatable bonds is 7. The molecular weight excluding hydrogens is 374 g/mol. The van der Waals surface area contributed by atoms with Crippen LogP contribution in [-0.2, 0) is 4.79 Å². The molecule has 150 valence electrons. The van der Waals surface area contributed by atoms with E-state index in [4.69, 9.17) is 16.3 Å². The van der Waals surface area contributed by atoms with Crippen molar-refractivity contribution in [3.63, 3.8) is 0 Å². The van der Waals surface area contributed by atoms with E-state index in [2.05, 4.69) is 5.32 Å². The molecule has 0 bridgehead atoms. The SMILES string of the molecule is Cc1cc(C)c(NC(=O)C[NH+]2CC[NH+](CCOc3ccccc3)CC2)c(Cl)c1. The maximum atomic E-state index is 12.5. The number of hydrogen-bond acceptors (Lipinski definition) is 2. The molecule has 0 unspecified atom stereocenters. The number of ether oxygens (including phenoxy) is 1. The summed E-state index contributed by atoms with van der Waals surface area (Å²) in [7, 11) is 0. The first-order chi connectivity index (χ1) is 13.5. The van der Waals surface area contributed by atoms with Gasteiger partial charge in [0.2, 0.25) is 0 Å². The molecule has 3 N–H and O–H groups in total. The number of carbonyl (C=O) groups excluding carboxylic acids is 1. The van der Waals surface area contributed by atoms with Crippen molar-refractivity contribution in [2.75, 3.05) is 51.2 Å². The molecule has 5 nitrogen and oxygen atoms in total. The summed E-state index contributed by atoms with van der Waals surface area (Å²) >= 11 is 6.30. The third-order valence-corrected chi connectivity index (χ3v) is 5.54. The summed E-state index contributed by atoms with van der Waals surface area (Å²) < 4.78 is 5.79. The molecular formula is C22H30ClN3O2+2. The Hall–Kier alpha value is -2.08. The molecule has 3 rings (SSSR count). The van der Waals surface area contributed by atoms with E-state index < -0.39 is 0 Å². The summed E-state index contributed by atoms with van der Waals surface area (Å²) in [5.41, 5.74) is 2.83. The number of amides is 1. The highest BCUT2D eigenvalue weighted by atomic mass is 35.5. The van der Waals surface area contributed by atoms with Gasteiger partial charge in [0.1, 0.15) is 45.1 Å². The Balaban J connectivity index is 1.39. The molecule has 0 aromatic heterocycles. The minimum Gasteiger partial charge on any atom is -0.488 e. The molecule has 28 heavy (non-hydrogen) atoms. The highest BCUT2D eigenvalue weighted by molar-refractivity contribution is 6.34. The number of nitrogens with one attached hydrogen (secondary N) is 3. The zero-order valence-corrected chi connectivity index (χ0v) is 17.4. The van der Waals surface area contributed by atoms with Gasteiger partial charge in [-0.15, -0.1) is 0 Å². The van der Waals surface area contributed by atoms with Crippen LogP contribution in [0.2, 0.25) is 5.02 Å². The van der Waals surface area contributed by atoms with E-state index in [0.29, 0.717) is 11.6 Å². The molecule has 1 aliphatic rings. The Morgan fingerprint density at radius 1 is 1.07 bits per heavy atom. The van der Waals surface area contributed by atoms with Crippen LogP contribution in [-0.4, -0.2) is 51.8 Å². The molecule has 2 aromatic carbocycles. The molecule has 1 heterocycles. The topological polar surface area (TPSA) is 47.2 Å². The minimum absolute atomic E-state index is 0.0275. The number of para-hydroxylation sites is 1. The summed E-state index contributed by atoms with van der Waals surface area (Å²) in [4.78, 5) is 15.3. The van der Waals surface area contributed by atoms with Crippen LogP contribution in [0, 0.1) is 13.8 Å². The van der Waals surface area contributed by atoms with Gasteiger partial charge in [-0.25, -0.2) is 0 Å². The lowest BCUT2D eigenvalue weighted by molar-refractivity contribution is -1.01. The van der Waals surface area contributed by atoms with Gasteiger partial charge in [-0.1, -0.05) is 35.9 Å². The number of quaternary nitrogens is 2. The van der Waals surface area contributed by atoms with Crippen LogP contribution in [0.1, 0.15) is 11.1 Å². The van der Waals surface area contributed by atoms with Crippen LogP contribution in [0.4, 0.5) is 5.69 Å². The Morgan fingerprint density at radius 3 is 2.43 bits per heavy atom. The van der Waals surface area contributed by atoms with Gasteiger partial charge in [0, 0.05) is 0 Å². The maximum Gasteiger partial charge on any atom is 0.279 e. The van der Waals surface area contributed by atoms with E-state index >= 15 is 0 Å². The van der Waals surface area contributed by atoms with Crippen LogP contribution in [0.15, 0.2) is 42.5 Å². The first-order valence-corrected chi connectivity index (χ1v) is 10.3. The fourth-order valence-electron chi connectivity index (χ4n) is 3.70. The van der Waals surface area contributed by atoms with E-state index in [1.807, 2.05) is 56.3 Å². The van der Waals surface area contributed by atoms with Crippen molar-refractivity contribution >= 4 is 23.2 Å². The second-order valence-electron chi connectivity index (χ2n) is 7.58. The number of carbonyl (C=O) groups is 1. The number of halogens is 1. The quantitative estimate of drug-likeness (QED) is 0.639. The molecule has 1 saturated heterocycles. The summed E-state index contributed by atoms with van der Waals surface area (Å²) in [5.74, 6) is 0.951. The lowest BCUT2D eigenvalue weighted by Gasteiger charge is -2.29. The van der Waals surface area contributed by atoms with Crippen molar-refractivity contribution in [1.29, 1.82) is 0 Å². The second-order valence-corrected chi connectivity index (χ2v) is 7.98.